The van der Waals surface area contributed by atoms with E-state index in [-0.39, 0.29) is 41.9 Å². The van der Waals surface area contributed by atoms with Gasteiger partial charge >= 0.3 is 0 Å². The molecule has 51 heavy (non-hydrogen) atoms. The Bertz CT molecular complexity index is 1780. The zero-order valence-electron chi connectivity index (χ0n) is 29.9. The number of nitrogens with one attached hydrogen (secondary N) is 1. The molecule has 278 valence electrons. The summed E-state index contributed by atoms with van der Waals surface area (Å²) in [5.74, 6) is 0.178. The number of aliphatic hydroxyl groups is 2. The van der Waals surface area contributed by atoms with Gasteiger partial charge < -0.3 is 24.6 Å². The molecule has 1 amide bonds. The summed E-state index contributed by atoms with van der Waals surface area (Å²) in [6, 6.07) is 11.5. The van der Waals surface area contributed by atoms with Crippen molar-refractivity contribution >= 4 is 33.2 Å². The Morgan fingerprint density at radius 3 is 2.57 bits per heavy atom. The molecule has 2 aromatic carbocycles. The van der Waals surface area contributed by atoms with E-state index < -0.39 is 32.2 Å². The first-order valence-corrected chi connectivity index (χ1v) is 20.3. The smallest absolute Gasteiger partial charge is 0.264 e. The number of likely N-dealkylation sites (tertiary alicyclic amines) is 1. The first kappa shape index (κ1) is 36.7. The van der Waals surface area contributed by atoms with Crippen molar-refractivity contribution < 1.29 is 32.9 Å². The van der Waals surface area contributed by atoms with Gasteiger partial charge in [0.2, 0.25) is 10.0 Å². The highest BCUT2D eigenvalue weighted by Crippen LogP contribution is 2.50. The number of methoxy groups -OCH3 is 1. The van der Waals surface area contributed by atoms with Crippen LogP contribution in [0.4, 0.5) is 5.69 Å². The van der Waals surface area contributed by atoms with Crippen LogP contribution in [0.15, 0.2) is 48.6 Å². The SMILES string of the molecule is CO[C@@]1(CN2CC(CO)(CO)C2)/C=C\C[C@H](C)[C@@H](C)S(=O)(=O)NC(=O)c2ccc3c(c2)N(C[C@@H]2CC[C@H]21)C[C@@]1(CCCc2cc(Cl)ccc21)CO3. The molecule has 2 bridgehead atoms. The number of amides is 1. The van der Waals surface area contributed by atoms with E-state index in [1.165, 1.54) is 11.1 Å². The van der Waals surface area contributed by atoms with Crippen molar-refractivity contribution in [3.63, 3.8) is 0 Å². The summed E-state index contributed by atoms with van der Waals surface area (Å²) in [4.78, 5) is 18.2. The van der Waals surface area contributed by atoms with Crippen LogP contribution in [-0.2, 0) is 26.6 Å². The van der Waals surface area contributed by atoms with Crippen LogP contribution in [0.5, 0.6) is 5.75 Å². The van der Waals surface area contributed by atoms with E-state index >= 15 is 0 Å². The number of benzene rings is 2. The third-order valence-corrected chi connectivity index (χ3v) is 15.0. The lowest BCUT2D eigenvalue weighted by Crippen LogP contribution is -2.65. The maximum atomic E-state index is 13.6. The van der Waals surface area contributed by atoms with Crippen molar-refractivity contribution in [2.24, 2.45) is 23.2 Å². The molecule has 12 heteroatoms. The highest BCUT2D eigenvalue weighted by Gasteiger charge is 2.52. The summed E-state index contributed by atoms with van der Waals surface area (Å²) >= 11 is 6.47. The summed E-state index contributed by atoms with van der Waals surface area (Å²) < 4.78 is 42.6. The predicted octanol–water partition coefficient (Wildman–Crippen LogP) is 4.56. The number of carbonyl (C=O) groups is 1. The minimum atomic E-state index is -3.99. The number of ether oxygens (including phenoxy) is 2. The van der Waals surface area contributed by atoms with E-state index in [9.17, 15) is 23.4 Å². The quantitative estimate of drug-likeness (QED) is 0.378. The maximum absolute atomic E-state index is 13.6. The lowest BCUT2D eigenvalue weighted by molar-refractivity contribution is -0.137. The molecule has 7 rings (SSSR count). The monoisotopic (exact) mass is 741 g/mol. The Balaban J connectivity index is 1.30. The number of anilines is 1. The number of carbonyl (C=O) groups excluding carboxylic acids is 1. The average Bonchev–Trinajstić information content (AvgIpc) is 3.23. The maximum Gasteiger partial charge on any atom is 0.264 e. The highest BCUT2D eigenvalue weighted by molar-refractivity contribution is 7.90. The first-order chi connectivity index (χ1) is 24.4. The van der Waals surface area contributed by atoms with Gasteiger partial charge in [0.1, 0.15) is 11.4 Å². The number of allylic oxidation sites excluding steroid dienone is 1. The normalized spacial score (nSPS) is 33.8. The second-order valence-electron chi connectivity index (χ2n) is 16.1. The number of aryl methyl sites for hydroxylation is 1. The predicted molar refractivity (Wildman–Crippen MR) is 198 cm³/mol. The molecular weight excluding hydrogens is 690 g/mol. The summed E-state index contributed by atoms with van der Waals surface area (Å²) in [5, 5.41) is 19.9. The van der Waals surface area contributed by atoms with E-state index in [0.29, 0.717) is 51.5 Å². The van der Waals surface area contributed by atoms with Gasteiger partial charge in [-0.2, -0.15) is 0 Å². The lowest BCUT2D eigenvalue weighted by atomic mass is 9.63. The van der Waals surface area contributed by atoms with E-state index in [4.69, 9.17) is 21.1 Å². The van der Waals surface area contributed by atoms with Crippen LogP contribution in [0, 0.1) is 23.2 Å². The molecule has 0 aromatic heterocycles. The van der Waals surface area contributed by atoms with Gasteiger partial charge in [-0.15, -0.1) is 0 Å². The van der Waals surface area contributed by atoms with Crippen LogP contribution in [-0.4, -0.2) is 99.9 Å². The fourth-order valence-electron chi connectivity index (χ4n) is 9.42. The van der Waals surface area contributed by atoms with Crippen molar-refractivity contribution in [3.8, 4) is 5.75 Å². The van der Waals surface area contributed by atoms with Gasteiger partial charge in [0.25, 0.3) is 5.91 Å². The molecule has 0 unspecified atom stereocenters. The zero-order chi connectivity index (χ0) is 36.2. The third kappa shape index (κ3) is 6.72. The number of fused-ring (bicyclic) bond motifs is 4. The third-order valence-electron chi connectivity index (χ3n) is 12.9. The fourth-order valence-corrected chi connectivity index (χ4v) is 10.9. The molecule has 3 N–H and O–H groups in total. The summed E-state index contributed by atoms with van der Waals surface area (Å²) in [6.45, 7) is 7.00. The van der Waals surface area contributed by atoms with Crippen LogP contribution in [0.2, 0.25) is 5.02 Å². The van der Waals surface area contributed by atoms with Crippen molar-refractivity contribution in [2.45, 2.75) is 68.6 Å². The molecule has 5 aliphatic rings. The Hall–Kier alpha value is -2.67. The Morgan fingerprint density at radius 2 is 1.86 bits per heavy atom. The zero-order valence-corrected chi connectivity index (χ0v) is 31.5. The topological polar surface area (TPSA) is 129 Å². The minimum Gasteiger partial charge on any atom is -0.490 e. The van der Waals surface area contributed by atoms with Crippen molar-refractivity contribution in [2.75, 3.05) is 64.6 Å². The fraction of sp³-hybridized carbons (Fsp3) is 0.615. The van der Waals surface area contributed by atoms with Crippen LogP contribution in [0.3, 0.4) is 0 Å². The Kier molecular flexibility index (Phi) is 10.0. The van der Waals surface area contributed by atoms with Gasteiger partial charge in [0, 0.05) is 61.2 Å². The summed E-state index contributed by atoms with van der Waals surface area (Å²) in [7, 11) is -2.23. The van der Waals surface area contributed by atoms with Crippen LogP contribution >= 0.6 is 11.6 Å². The van der Waals surface area contributed by atoms with Crippen LogP contribution in [0.25, 0.3) is 0 Å². The Morgan fingerprint density at radius 1 is 1.08 bits per heavy atom. The van der Waals surface area contributed by atoms with E-state index in [1.807, 2.05) is 25.1 Å². The summed E-state index contributed by atoms with van der Waals surface area (Å²) in [6.07, 6.45) is 9.57. The van der Waals surface area contributed by atoms with E-state index in [2.05, 4.69) is 32.7 Å². The van der Waals surface area contributed by atoms with Crippen molar-refractivity contribution in [3.05, 3.63) is 70.3 Å². The molecule has 6 atom stereocenters. The molecule has 1 saturated carbocycles. The van der Waals surface area contributed by atoms with Crippen molar-refractivity contribution in [1.29, 1.82) is 0 Å². The van der Waals surface area contributed by atoms with Crippen LogP contribution in [0.1, 0.15) is 67.4 Å². The van der Waals surface area contributed by atoms with E-state index in [1.54, 1.807) is 26.2 Å². The van der Waals surface area contributed by atoms with Gasteiger partial charge in [-0.05, 0) is 105 Å². The van der Waals surface area contributed by atoms with Gasteiger partial charge in [0.05, 0.1) is 30.8 Å². The van der Waals surface area contributed by atoms with Gasteiger partial charge in [0.15, 0.2) is 0 Å². The Labute approximate surface area is 307 Å². The molecule has 1 spiro atoms. The number of nitrogens with zero attached hydrogens (tertiary/aromatic N) is 2. The van der Waals surface area contributed by atoms with Crippen molar-refractivity contribution in [1.82, 2.24) is 9.62 Å². The number of sulfonamides is 1. The average molecular weight is 742 g/mol. The number of hydrogen-bond donors (Lipinski definition) is 3. The van der Waals surface area contributed by atoms with E-state index in [0.717, 1.165) is 42.8 Å². The van der Waals surface area contributed by atoms with Gasteiger partial charge in [-0.1, -0.05) is 36.7 Å². The molecule has 0 radical (unpaired) electrons. The van der Waals surface area contributed by atoms with Crippen LogP contribution < -0.4 is 14.4 Å². The number of aliphatic hydroxyl groups excluding tert-OH is 2. The molecule has 2 aromatic rings. The number of rotatable bonds is 5. The molecule has 3 heterocycles. The number of halogens is 1. The molecule has 2 aliphatic carbocycles. The summed E-state index contributed by atoms with van der Waals surface area (Å²) in [5.41, 5.74) is 2.07. The molecule has 1 saturated heterocycles. The second-order valence-corrected chi connectivity index (χ2v) is 18.6. The largest absolute Gasteiger partial charge is 0.490 e. The minimum absolute atomic E-state index is 0.0716. The lowest BCUT2D eigenvalue weighted by Gasteiger charge is -2.55. The molecule has 10 nitrogen and oxygen atoms in total. The van der Waals surface area contributed by atoms with Gasteiger partial charge in [-0.3, -0.25) is 9.69 Å². The van der Waals surface area contributed by atoms with Gasteiger partial charge in [-0.25, -0.2) is 13.1 Å². The second kappa shape index (κ2) is 14.0. The highest BCUT2D eigenvalue weighted by atomic mass is 35.5. The molecular formula is C39H52ClN3O7S. The first-order valence-electron chi connectivity index (χ1n) is 18.4. The molecule has 2 fully saturated rings. The number of hydrogen-bond acceptors (Lipinski definition) is 9. The molecule has 3 aliphatic heterocycles. The standard InChI is InChI=1S/C39H52ClN3O7S/c1-26-6-4-15-39(49-3,22-42-19-37(20-42,23-44)24-45)33-11-8-30(33)18-43-21-38(14-5-7-28-16-31(40)10-12-32(28)38)25-50-35-13-9-29(17-34(35)43)36(46)41-51(47,48)27(26)2/h4,9-10,12-13,15-17,26-27,30,33,44-45H,5-8,11,14,18-25H2,1-3H3,(H,41,46)/b15-4-/t26-,27+,30-,33+,38-,39+/m0/s1.